The van der Waals surface area contributed by atoms with Crippen molar-refractivity contribution in [3.63, 3.8) is 0 Å². The predicted molar refractivity (Wildman–Crippen MR) is 122 cm³/mol. The number of rotatable bonds is 5. The van der Waals surface area contributed by atoms with E-state index < -0.39 is 0 Å². The van der Waals surface area contributed by atoms with Crippen molar-refractivity contribution in [3.05, 3.63) is 45.8 Å². The Morgan fingerprint density at radius 1 is 1.24 bits per heavy atom. The molecule has 1 fully saturated rings. The number of ether oxygens (including phenoxy) is 1. The Bertz CT molecular complexity index is 1000. The number of benzene rings is 1. The molecule has 0 spiro atoms. The highest BCUT2D eigenvalue weighted by Gasteiger charge is 2.25. The van der Waals surface area contributed by atoms with Crippen LogP contribution in [0.25, 0.3) is 10.2 Å². The quantitative estimate of drug-likeness (QED) is 0.509. The molecule has 1 saturated heterocycles. The van der Waals surface area contributed by atoms with Crippen LogP contribution >= 0.6 is 39.7 Å². The molecule has 0 radical (unpaired) electrons. The average molecular weight is 501 g/mol. The minimum absolute atomic E-state index is 0. The number of hydrogen-bond donors (Lipinski definition) is 0. The molecule has 0 N–H and O–H groups in total. The smallest absolute Gasteiger partial charge is 0.295 e. The van der Waals surface area contributed by atoms with Gasteiger partial charge in [0.05, 0.1) is 23.4 Å². The number of furan rings is 1. The Labute approximate surface area is 188 Å². The van der Waals surface area contributed by atoms with E-state index in [9.17, 15) is 4.79 Å². The Morgan fingerprint density at radius 2 is 2.00 bits per heavy atom. The van der Waals surface area contributed by atoms with Crippen molar-refractivity contribution in [2.24, 2.45) is 0 Å². The van der Waals surface area contributed by atoms with E-state index in [0.29, 0.717) is 22.1 Å². The van der Waals surface area contributed by atoms with Gasteiger partial charge in [0.2, 0.25) is 0 Å². The third-order valence-electron chi connectivity index (χ3n) is 5.08. The predicted octanol–water partition coefficient (Wildman–Crippen LogP) is 4.67. The molecule has 4 rings (SSSR count). The SMILES string of the molecule is Cc1ccc2sc(N(CCN3CCOCC3)C(=O)c3ccc(Br)o3)nc2c1C.Cl. The van der Waals surface area contributed by atoms with Gasteiger partial charge in [0.1, 0.15) is 0 Å². The van der Waals surface area contributed by atoms with Gasteiger partial charge >= 0.3 is 0 Å². The summed E-state index contributed by atoms with van der Waals surface area (Å²) in [5, 5.41) is 0.703. The summed E-state index contributed by atoms with van der Waals surface area (Å²) in [6.07, 6.45) is 0. The highest BCUT2D eigenvalue weighted by Crippen LogP contribution is 2.33. The van der Waals surface area contributed by atoms with Crippen LogP contribution in [0.3, 0.4) is 0 Å². The summed E-state index contributed by atoms with van der Waals surface area (Å²) in [7, 11) is 0. The Hall–Kier alpha value is -1.45. The second-order valence-corrected chi connectivity index (χ2v) is 8.66. The summed E-state index contributed by atoms with van der Waals surface area (Å²) in [6, 6.07) is 7.60. The van der Waals surface area contributed by atoms with Gasteiger partial charge in [-0.25, -0.2) is 4.98 Å². The first-order valence-corrected chi connectivity index (χ1v) is 10.9. The molecule has 0 unspecified atom stereocenters. The third-order valence-corrected chi connectivity index (χ3v) is 6.55. The maximum atomic E-state index is 13.2. The highest BCUT2D eigenvalue weighted by molar-refractivity contribution is 9.10. The van der Waals surface area contributed by atoms with Crippen LogP contribution in [0.1, 0.15) is 21.7 Å². The fourth-order valence-electron chi connectivity index (χ4n) is 3.24. The van der Waals surface area contributed by atoms with E-state index in [1.54, 1.807) is 28.4 Å². The van der Waals surface area contributed by atoms with Crippen molar-refractivity contribution >= 4 is 60.9 Å². The minimum atomic E-state index is -0.174. The highest BCUT2D eigenvalue weighted by atomic mass is 79.9. The molecule has 0 saturated carbocycles. The van der Waals surface area contributed by atoms with Crippen LogP contribution in [0.4, 0.5) is 5.13 Å². The molecule has 0 aliphatic carbocycles. The van der Waals surface area contributed by atoms with Gasteiger partial charge in [0, 0.05) is 26.2 Å². The van der Waals surface area contributed by atoms with Gasteiger partial charge in [-0.15, -0.1) is 12.4 Å². The van der Waals surface area contributed by atoms with Crippen molar-refractivity contribution in [2.45, 2.75) is 13.8 Å². The lowest BCUT2D eigenvalue weighted by Gasteiger charge is -2.28. The van der Waals surface area contributed by atoms with Crippen LogP contribution < -0.4 is 4.90 Å². The van der Waals surface area contributed by atoms with E-state index in [0.717, 1.165) is 48.6 Å². The number of halogens is 2. The van der Waals surface area contributed by atoms with Gasteiger partial charge in [0.25, 0.3) is 5.91 Å². The van der Waals surface area contributed by atoms with Gasteiger partial charge in [-0.1, -0.05) is 17.4 Å². The van der Waals surface area contributed by atoms with Crippen molar-refractivity contribution in [3.8, 4) is 0 Å². The lowest BCUT2D eigenvalue weighted by molar-refractivity contribution is 0.0390. The summed E-state index contributed by atoms with van der Waals surface area (Å²) in [6.45, 7) is 8.70. The number of fused-ring (bicyclic) bond motifs is 1. The van der Waals surface area contributed by atoms with Crippen molar-refractivity contribution in [1.29, 1.82) is 0 Å². The largest absolute Gasteiger partial charge is 0.444 e. The van der Waals surface area contributed by atoms with Crippen LogP contribution in [0.15, 0.2) is 33.4 Å². The van der Waals surface area contributed by atoms with Gasteiger partial charge in [-0.05, 0) is 59.1 Å². The number of hydrogen-bond acceptors (Lipinski definition) is 6. The topological polar surface area (TPSA) is 58.8 Å². The molecule has 1 aliphatic heterocycles. The first kappa shape index (κ1) is 22.2. The summed E-state index contributed by atoms with van der Waals surface area (Å²) < 4.78 is 12.6. The monoisotopic (exact) mass is 499 g/mol. The molecule has 156 valence electrons. The normalized spacial score (nSPS) is 14.7. The molecule has 1 aliphatic rings. The fraction of sp³-hybridized carbons (Fsp3) is 0.400. The Balaban J connectivity index is 0.00000240. The first-order valence-electron chi connectivity index (χ1n) is 9.27. The molecule has 0 bridgehead atoms. The number of morpholine rings is 1. The summed E-state index contributed by atoms with van der Waals surface area (Å²) in [5.41, 5.74) is 3.32. The zero-order valence-corrected chi connectivity index (χ0v) is 19.5. The molecular weight excluding hydrogens is 478 g/mol. The van der Waals surface area contributed by atoms with Crippen LogP contribution in [0.5, 0.6) is 0 Å². The fourth-order valence-corrected chi connectivity index (χ4v) is 4.60. The first-order chi connectivity index (χ1) is 13.5. The third kappa shape index (κ3) is 4.83. The molecule has 3 aromatic rings. The molecule has 6 nitrogen and oxygen atoms in total. The zero-order chi connectivity index (χ0) is 19.7. The summed E-state index contributed by atoms with van der Waals surface area (Å²) in [4.78, 5) is 22.1. The molecular formula is C20H23BrClN3O3S. The molecule has 9 heteroatoms. The number of aromatic nitrogens is 1. The lowest BCUT2D eigenvalue weighted by atomic mass is 10.1. The molecule has 29 heavy (non-hydrogen) atoms. The summed E-state index contributed by atoms with van der Waals surface area (Å²) >= 11 is 4.82. The molecule has 0 atom stereocenters. The van der Waals surface area contributed by atoms with Gasteiger partial charge in [0.15, 0.2) is 15.6 Å². The van der Waals surface area contributed by atoms with Crippen molar-refractivity contribution in [2.75, 3.05) is 44.3 Å². The molecule has 3 heterocycles. The van der Waals surface area contributed by atoms with E-state index in [1.165, 1.54) is 5.56 Å². The Morgan fingerprint density at radius 3 is 2.69 bits per heavy atom. The van der Waals surface area contributed by atoms with Crippen molar-refractivity contribution in [1.82, 2.24) is 9.88 Å². The number of nitrogens with zero attached hydrogens (tertiary/aromatic N) is 3. The second-order valence-electron chi connectivity index (χ2n) is 6.87. The van der Waals surface area contributed by atoms with E-state index in [2.05, 4.69) is 46.8 Å². The lowest BCUT2D eigenvalue weighted by Crippen LogP contribution is -2.43. The average Bonchev–Trinajstić information content (AvgIpc) is 3.32. The van der Waals surface area contributed by atoms with Gasteiger partial charge in [-0.2, -0.15) is 0 Å². The number of thiazole rings is 1. The second kappa shape index (κ2) is 9.57. The number of anilines is 1. The van der Waals surface area contributed by atoms with Crippen LogP contribution in [0.2, 0.25) is 0 Å². The molecule has 1 amide bonds. The maximum absolute atomic E-state index is 13.2. The maximum Gasteiger partial charge on any atom is 0.295 e. The van der Waals surface area contributed by atoms with Crippen LogP contribution in [-0.4, -0.2) is 55.2 Å². The zero-order valence-electron chi connectivity index (χ0n) is 16.3. The minimum Gasteiger partial charge on any atom is -0.444 e. The summed E-state index contributed by atoms with van der Waals surface area (Å²) in [5.74, 6) is 0.133. The molecule has 2 aromatic heterocycles. The number of carbonyl (C=O) groups excluding carboxylic acids is 1. The van der Waals surface area contributed by atoms with Gasteiger partial charge < -0.3 is 9.15 Å². The van der Waals surface area contributed by atoms with Crippen molar-refractivity contribution < 1.29 is 13.9 Å². The van der Waals surface area contributed by atoms with E-state index in [-0.39, 0.29) is 18.3 Å². The van der Waals surface area contributed by atoms with E-state index >= 15 is 0 Å². The number of carbonyl (C=O) groups is 1. The number of amides is 1. The number of aryl methyl sites for hydroxylation is 2. The van der Waals surface area contributed by atoms with E-state index in [4.69, 9.17) is 14.1 Å². The molecule has 1 aromatic carbocycles. The standard InChI is InChI=1S/C20H22BrN3O3S.ClH/c1-13-3-5-16-18(14(13)2)22-20(28-16)24(8-7-23-9-11-26-12-10-23)19(25)15-4-6-17(21)27-15;/h3-6H,7-12H2,1-2H3;1H. The Kier molecular flexibility index (Phi) is 7.34. The van der Waals surface area contributed by atoms with E-state index in [1.807, 2.05) is 0 Å². The van der Waals surface area contributed by atoms with Crippen LogP contribution in [-0.2, 0) is 4.74 Å². The van der Waals surface area contributed by atoms with Crippen LogP contribution in [0, 0.1) is 13.8 Å². The van der Waals surface area contributed by atoms with Gasteiger partial charge in [-0.3, -0.25) is 14.6 Å².